The number of halogens is 3. The van der Waals surface area contributed by atoms with E-state index in [2.05, 4.69) is 9.97 Å². The lowest BCUT2D eigenvalue weighted by atomic mass is 9.86. The lowest BCUT2D eigenvalue weighted by molar-refractivity contribution is 0.0769. The van der Waals surface area contributed by atoms with Gasteiger partial charge in [0.05, 0.1) is 15.1 Å². The van der Waals surface area contributed by atoms with Crippen LogP contribution in [0.4, 0.5) is 0 Å². The second-order valence-corrected chi connectivity index (χ2v) is 9.23. The van der Waals surface area contributed by atoms with Gasteiger partial charge in [-0.2, -0.15) is 0 Å². The second kappa shape index (κ2) is 9.65. The summed E-state index contributed by atoms with van der Waals surface area (Å²) in [7, 11) is 0. The SMILES string of the molecule is Cc1cc(C(=O)N2CC(c3ccc(Cl)c(Cl)c3)C(C(C)Oc3ccc(Cl)cn3)C2)ccn1. The van der Waals surface area contributed by atoms with Crippen molar-refractivity contribution in [1.29, 1.82) is 0 Å². The molecule has 1 amide bonds. The lowest BCUT2D eigenvalue weighted by Crippen LogP contribution is -2.32. The predicted molar refractivity (Wildman–Crippen MR) is 127 cm³/mol. The molecule has 0 aliphatic carbocycles. The first kappa shape index (κ1) is 22.8. The zero-order valence-corrected chi connectivity index (χ0v) is 19.9. The minimum absolute atomic E-state index is 0.0246. The molecule has 0 saturated carbocycles. The van der Waals surface area contributed by atoms with E-state index in [0.717, 1.165) is 11.3 Å². The molecule has 2 aromatic heterocycles. The summed E-state index contributed by atoms with van der Waals surface area (Å²) in [5.41, 5.74) is 2.45. The minimum Gasteiger partial charge on any atom is -0.474 e. The Morgan fingerprint density at radius 1 is 1.06 bits per heavy atom. The van der Waals surface area contributed by atoms with E-state index in [0.29, 0.717) is 39.6 Å². The summed E-state index contributed by atoms with van der Waals surface area (Å²) in [6.07, 6.45) is 3.00. The molecule has 8 heteroatoms. The summed E-state index contributed by atoms with van der Waals surface area (Å²) in [5, 5.41) is 1.54. The van der Waals surface area contributed by atoms with Gasteiger partial charge in [0.15, 0.2) is 0 Å². The maximum absolute atomic E-state index is 13.2. The van der Waals surface area contributed by atoms with Crippen LogP contribution in [0, 0.1) is 12.8 Å². The molecule has 0 N–H and O–H groups in total. The highest BCUT2D eigenvalue weighted by molar-refractivity contribution is 6.42. The van der Waals surface area contributed by atoms with Gasteiger partial charge in [-0.1, -0.05) is 40.9 Å². The molecule has 5 nitrogen and oxygen atoms in total. The molecule has 0 bridgehead atoms. The van der Waals surface area contributed by atoms with Crippen molar-refractivity contribution < 1.29 is 9.53 Å². The molecule has 1 aromatic carbocycles. The third-order valence-electron chi connectivity index (χ3n) is 5.78. The number of likely N-dealkylation sites (tertiary alicyclic amines) is 1. The normalized spacial score (nSPS) is 19.1. The largest absolute Gasteiger partial charge is 0.474 e. The smallest absolute Gasteiger partial charge is 0.254 e. The van der Waals surface area contributed by atoms with Gasteiger partial charge in [-0.05, 0) is 49.7 Å². The van der Waals surface area contributed by atoms with Crippen LogP contribution in [-0.4, -0.2) is 40.0 Å². The number of carbonyl (C=O) groups excluding carboxylic acids is 1. The maximum Gasteiger partial charge on any atom is 0.254 e. The Labute approximate surface area is 202 Å². The number of benzene rings is 1. The minimum atomic E-state index is -0.208. The number of aromatic nitrogens is 2. The number of carbonyl (C=O) groups is 1. The fraction of sp³-hybridized carbons (Fsp3) is 0.292. The molecule has 0 spiro atoms. The van der Waals surface area contributed by atoms with Gasteiger partial charge in [-0.25, -0.2) is 4.98 Å². The lowest BCUT2D eigenvalue weighted by Gasteiger charge is -2.25. The number of aryl methyl sites for hydroxylation is 1. The highest BCUT2D eigenvalue weighted by atomic mass is 35.5. The molecule has 3 heterocycles. The van der Waals surface area contributed by atoms with E-state index in [1.54, 1.807) is 42.7 Å². The van der Waals surface area contributed by atoms with Gasteiger partial charge in [-0.3, -0.25) is 9.78 Å². The van der Waals surface area contributed by atoms with Crippen LogP contribution in [-0.2, 0) is 0 Å². The summed E-state index contributed by atoms with van der Waals surface area (Å²) in [4.78, 5) is 23.5. The highest BCUT2D eigenvalue weighted by Crippen LogP contribution is 2.38. The molecule has 1 fully saturated rings. The van der Waals surface area contributed by atoms with Gasteiger partial charge >= 0.3 is 0 Å². The van der Waals surface area contributed by atoms with Gasteiger partial charge in [0.2, 0.25) is 5.88 Å². The van der Waals surface area contributed by atoms with Crippen LogP contribution in [0.3, 0.4) is 0 Å². The van der Waals surface area contributed by atoms with Gasteiger partial charge in [0.25, 0.3) is 5.91 Å². The molecule has 0 radical (unpaired) electrons. The number of hydrogen-bond acceptors (Lipinski definition) is 4. The fourth-order valence-electron chi connectivity index (χ4n) is 4.14. The molecular formula is C24H22Cl3N3O2. The Bertz CT molecular complexity index is 1120. The van der Waals surface area contributed by atoms with E-state index in [9.17, 15) is 4.79 Å². The highest BCUT2D eigenvalue weighted by Gasteiger charge is 2.40. The molecule has 3 atom stereocenters. The van der Waals surface area contributed by atoms with E-state index in [1.165, 1.54) is 0 Å². The van der Waals surface area contributed by atoms with Crippen molar-refractivity contribution in [3.05, 3.63) is 86.7 Å². The van der Waals surface area contributed by atoms with Crippen molar-refractivity contribution in [1.82, 2.24) is 14.9 Å². The van der Waals surface area contributed by atoms with Gasteiger partial charge in [0, 0.05) is 54.6 Å². The van der Waals surface area contributed by atoms with E-state index < -0.39 is 0 Å². The first-order valence-electron chi connectivity index (χ1n) is 10.3. The van der Waals surface area contributed by atoms with Crippen LogP contribution < -0.4 is 4.74 Å². The summed E-state index contributed by atoms with van der Waals surface area (Å²) in [5.74, 6) is 0.514. The zero-order chi connectivity index (χ0) is 22.8. The van der Waals surface area contributed by atoms with E-state index in [4.69, 9.17) is 39.5 Å². The monoisotopic (exact) mass is 489 g/mol. The number of pyridine rings is 2. The number of rotatable bonds is 5. The molecule has 1 aliphatic heterocycles. The molecule has 166 valence electrons. The molecule has 4 rings (SSSR count). The Morgan fingerprint density at radius 2 is 1.88 bits per heavy atom. The Balaban J connectivity index is 1.61. The third kappa shape index (κ3) is 5.01. The van der Waals surface area contributed by atoms with Crippen LogP contribution in [0.5, 0.6) is 5.88 Å². The maximum atomic E-state index is 13.2. The Hall–Kier alpha value is -2.34. The fourth-order valence-corrected chi connectivity index (χ4v) is 4.56. The van der Waals surface area contributed by atoms with Crippen LogP contribution in [0.15, 0.2) is 54.9 Å². The van der Waals surface area contributed by atoms with Gasteiger partial charge < -0.3 is 9.64 Å². The summed E-state index contributed by atoms with van der Waals surface area (Å²) < 4.78 is 6.14. The molecule has 1 saturated heterocycles. The average molecular weight is 491 g/mol. The number of hydrogen-bond donors (Lipinski definition) is 0. The van der Waals surface area contributed by atoms with Gasteiger partial charge in [0.1, 0.15) is 6.10 Å². The van der Waals surface area contributed by atoms with Crippen molar-refractivity contribution in [3.8, 4) is 5.88 Å². The van der Waals surface area contributed by atoms with Crippen LogP contribution in [0.25, 0.3) is 0 Å². The summed E-state index contributed by atoms with van der Waals surface area (Å²) >= 11 is 18.4. The topological polar surface area (TPSA) is 55.3 Å². The Morgan fingerprint density at radius 3 is 2.56 bits per heavy atom. The van der Waals surface area contributed by atoms with E-state index in [1.807, 2.05) is 30.9 Å². The number of amides is 1. The van der Waals surface area contributed by atoms with Crippen molar-refractivity contribution in [2.75, 3.05) is 13.1 Å². The second-order valence-electron chi connectivity index (χ2n) is 7.98. The molecule has 3 aromatic rings. The number of ether oxygens (including phenoxy) is 1. The van der Waals surface area contributed by atoms with Crippen molar-refractivity contribution >= 4 is 40.7 Å². The van der Waals surface area contributed by atoms with Crippen LogP contribution in [0.2, 0.25) is 15.1 Å². The number of nitrogens with zero attached hydrogens (tertiary/aromatic N) is 3. The molecular weight excluding hydrogens is 469 g/mol. The predicted octanol–water partition coefficient (Wildman–Crippen LogP) is 6.07. The van der Waals surface area contributed by atoms with Gasteiger partial charge in [-0.15, -0.1) is 0 Å². The first-order chi connectivity index (χ1) is 15.3. The summed E-state index contributed by atoms with van der Waals surface area (Å²) in [6.45, 7) is 4.96. The molecule has 3 unspecified atom stereocenters. The van der Waals surface area contributed by atoms with Crippen LogP contribution in [0.1, 0.15) is 34.5 Å². The summed E-state index contributed by atoms with van der Waals surface area (Å²) in [6, 6.07) is 12.7. The van der Waals surface area contributed by atoms with Crippen molar-refractivity contribution in [2.45, 2.75) is 25.9 Å². The van der Waals surface area contributed by atoms with Crippen molar-refractivity contribution in [3.63, 3.8) is 0 Å². The van der Waals surface area contributed by atoms with E-state index >= 15 is 0 Å². The molecule has 1 aliphatic rings. The molecule has 32 heavy (non-hydrogen) atoms. The first-order valence-corrected chi connectivity index (χ1v) is 11.4. The third-order valence-corrected chi connectivity index (χ3v) is 6.74. The zero-order valence-electron chi connectivity index (χ0n) is 17.6. The standard InChI is InChI=1S/C24H22Cl3N3O2/c1-14-9-17(7-8-28-14)24(31)30-12-19(15(2)32-23-6-4-18(25)11-29-23)20(13-30)16-3-5-21(26)22(27)10-16/h3-11,15,19-20H,12-13H2,1-2H3. The Kier molecular flexibility index (Phi) is 6.89. The quantitative estimate of drug-likeness (QED) is 0.436. The van der Waals surface area contributed by atoms with E-state index in [-0.39, 0.29) is 23.8 Å². The average Bonchev–Trinajstić information content (AvgIpc) is 3.22. The van der Waals surface area contributed by atoms with Crippen molar-refractivity contribution in [2.24, 2.45) is 5.92 Å². The van der Waals surface area contributed by atoms with Crippen LogP contribution >= 0.6 is 34.8 Å².